The predicted molar refractivity (Wildman–Crippen MR) is 68.8 cm³/mol. The number of carboxylic acid groups (broad SMARTS) is 1. The number of anilines is 1. The highest BCUT2D eigenvalue weighted by Crippen LogP contribution is 2.07. The van der Waals surface area contributed by atoms with Crippen molar-refractivity contribution in [2.75, 3.05) is 5.32 Å². The number of carbonyl (C=O) groups is 1. The number of rotatable bonds is 7. The highest BCUT2D eigenvalue weighted by Gasteiger charge is 2.06. The molecule has 3 N–H and O–H groups in total. The minimum absolute atomic E-state index is 0.0864. The summed E-state index contributed by atoms with van der Waals surface area (Å²) in [6.45, 7) is 3.86. The van der Waals surface area contributed by atoms with Gasteiger partial charge in [-0.3, -0.25) is 9.59 Å². The van der Waals surface area contributed by atoms with Crippen LogP contribution in [0.2, 0.25) is 0 Å². The molecule has 1 aromatic rings. The quantitative estimate of drug-likeness (QED) is 0.682. The first-order valence-corrected chi connectivity index (χ1v) is 6.09. The van der Waals surface area contributed by atoms with Crippen molar-refractivity contribution in [1.29, 1.82) is 0 Å². The van der Waals surface area contributed by atoms with E-state index < -0.39 is 5.97 Å². The molecule has 1 aromatic heterocycles. The summed E-state index contributed by atoms with van der Waals surface area (Å²) in [7, 11) is 0. The summed E-state index contributed by atoms with van der Waals surface area (Å²) in [5.74, 6) is 0.394. The van der Waals surface area contributed by atoms with Gasteiger partial charge in [-0.25, -0.2) is 4.98 Å². The van der Waals surface area contributed by atoms with E-state index in [2.05, 4.69) is 15.3 Å². The van der Waals surface area contributed by atoms with E-state index in [9.17, 15) is 9.59 Å². The van der Waals surface area contributed by atoms with Crippen LogP contribution in [0.25, 0.3) is 0 Å². The molecule has 1 atom stereocenters. The Bertz CT molecular complexity index is 456. The highest BCUT2D eigenvalue weighted by atomic mass is 16.4. The summed E-state index contributed by atoms with van der Waals surface area (Å²) in [4.78, 5) is 28.6. The largest absolute Gasteiger partial charge is 0.481 e. The molecule has 0 saturated carbocycles. The molecule has 6 nitrogen and oxygen atoms in total. The van der Waals surface area contributed by atoms with Crippen LogP contribution < -0.4 is 10.9 Å². The molecule has 0 aliphatic heterocycles. The average Bonchev–Trinajstić information content (AvgIpc) is 2.27. The lowest BCUT2D eigenvalue weighted by molar-refractivity contribution is -0.137. The van der Waals surface area contributed by atoms with Crippen LogP contribution in [0.15, 0.2) is 10.9 Å². The predicted octanol–water partition coefficient (Wildman–Crippen LogP) is 1.39. The van der Waals surface area contributed by atoms with E-state index in [1.807, 2.05) is 13.8 Å². The average molecular weight is 253 g/mol. The Labute approximate surface area is 105 Å². The lowest BCUT2D eigenvalue weighted by Crippen LogP contribution is -2.20. The van der Waals surface area contributed by atoms with Gasteiger partial charge in [0.1, 0.15) is 11.6 Å². The zero-order valence-electron chi connectivity index (χ0n) is 10.7. The number of aliphatic carboxylic acids is 1. The molecule has 0 radical (unpaired) electrons. The lowest BCUT2D eigenvalue weighted by Gasteiger charge is -2.14. The minimum Gasteiger partial charge on any atom is -0.481 e. The summed E-state index contributed by atoms with van der Waals surface area (Å²) < 4.78 is 0. The number of nitrogens with one attached hydrogen (secondary N) is 2. The Morgan fingerprint density at radius 3 is 2.94 bits per heavy atom. The van der Waals surface area contributed by atoms with Crippen LogP contribution in [0.3, 0.4) is 0 Å². The van der Waals surface area contributed by atoms with Gasteiger partial charge in [0.05, 0.1) is 0 Å². The first-order valence-electron chi connectivity index (χ1n) is 6.09. The van der Waals surface area contributed by atoms with E-state index in [-0.39, 0.29) is 18.0 Å². The third kappa shape index (κ3) is 4.99. The molecular formula is C12H19N3O3. The first kappa shape index (κ1) is 14.2. The van der Waals surface area contributed by atoms with Crippen molar-refractivity contribution >= 4 is 11.8 Å². The molecule has 0 spiro atoms. The van der Waals surface area contributed by atoms with E-state index >= 15 is 0 Å². The van der Waals surface area contributed by atoms with Gasteiger partial charge in [-0.2, -0.15) is 0 Å². The van der Waals surface area contributed by atoms with Crippen molar-refractivity contribution in [3.05, 3.63) is 22.2 Å². The fraction of sp³-hybridized carbons (Fsp3) is 0.583. The van der Waals surface area contributed by atoms with E-state index in [1.165, 1.54) is 6.07 Å². The summed E-state index contributed by atoms with van der Waals surface area (Å²) in [6, 6.07) is 1.50. The monoisotopic (exact) mass is 253 g/mol. The fourth-order valence-corrected chi connectivity index (χ4v) is 1.63. The molecule has 6 heteroatoms. The molecule has 1 rings (SSSR count). The zero-order chi connectivity index (χ0) is 13.5. The van der Waals surface area contributed by atoms with Crippen molar-refractivity contribution < 1.29 is 9.90 Å². The third-order valence-corrected chi connectivity index (χ3v) is 2.55. The van der Waals surface area contributed by atoms with Crippen LogP contribution >= 0.6 is 0 Å². The van der Waals surface area contributed by atoms with Gasteiger partial charge in [-0.1, -0.05) is 6.92 Å². The smallest absolute Gasteiger partial charge is 0.303 e. The van der Waals surface area contributed by atoms with Crippen LogP contribution in [0.4, 0.5) is 5.82 Å². The molecule has 1 heterocycles. The van der Waals surface area contributed by atoms with Crippen molar-refractivity contribution in [1.82, 2.24) is 9.97 Å². The van der Waals surface area contributed by atoms with Crippen LogP contribution in [0.5, 0.6) is 0 Å². The summed E-state index contributed by atoms with van der Waals surface area (Å²) in [6.07, 6.45) is 2.16. The molecule has 0 aliphatic carbocycles. The van der Waals surface area contributed by atoms with Crippen LogP contribution in [0, 0.1) is 0 Å². The Morgan fingerprint density at radius 2 is 2.33 bits per heavy atom. The van der Waals surface area contributed by atoms with Crippen LogP contribution in [-0.4, -0.2) is 27.1 Å². The second kappa shape index (κ2) is 6.78. The maximum absolute atomic E-state index is 11.3. The van der Waals surface area contributed by atoms with Crippen molar-refractivity contribution in [3.63, 3.8) is 0 Å². The minimum atomic E-state index is -0.787. The molecule has 0 aromatic carbocycles. The molecule has 100 valence electrons. The van der Waals surface area contributed by atoms with Gasteiger partial charge in [0.2, 0.25) is 0 Å². The number of carboxylic acids is 1. The lowest BCUT2D eigenvalue weighted by atomic mass is 10.1. The maximum Gasteiger partial charge on any atom is 0.303 e. The number of aryl methyl sites for hydroxylation is 1. The SMILES string of the molecule is CCc1nc(NC(C)CCCC(=O)O)cc(=O)[nH]1. The molecule has 0 amide bonds. The normalized spacial score (nSPS) is 12.1. The Hall–Kier alpha value is -1.85. The topological polar surface area (TPSA) is 95.1 Å². The Kier molecular flexibility index (Phi) is 5.35. The van der Waals surface area contributed by atoms with Gasteiger partial charge in [0.25, 0.3) is 5.56 Å². The van der Waals surface area contributed by atoms with E-state index in [1.54, 1.807) is 0 Å². The van der Waals surface area contributed by atoms with E-state index in [4.69, 9.17) is 5.11 Å². The Balaban J connectivity index is 2.53. The van der Waals surface area contributed by atoms with Crippen molar-refractivity contribution in [2.45, 2.75) is 45.6 Å². The molecular weight excluding hydrogens is 234 g/mol. The number of hydrogen-bond donors (Lipinski definition) is 3. The summed E-state index contributed by atoms with van der Waals surface area (Å²) in [5, 5.41) is 11.6. The number of H-pyrrole nitrogens is 1. The first-order chi connectivity index (χ1) is 8.51. The molecule has 0 saturated heterocycles. The fourth-order valence-electron chi connectivity index (χ4n) is 1.63. The van der Waals surface area contributed by atoms with Gasteiger partial charge in [-0.05, 0) is 19.8 Å². The molecule has 18 heavy (non-hydrogen) atoms. The molecule has 0 bridgehead atoms. The van der Waals surface area contributed by atoms with Gasteiger partial charge in [0, 0.05) is 24.9 Å². The van der Waals surface area contributed by atoms with Crippen molar-refractivity contribution in [2.24, 2.45) is 0 Å². The zero-order valence-corrected chi connectivity index (χ0v) is 10.7. The van der Waals surface area contributed by atoms with Gasteiger partial charge < -0.3 is 15.4 Å². The number of nitrogens with zero attached hydrogens (tertiary/aromatic N) is 1. The summed E-state index contributed by atoms with van der Waals surface area (Å²) >= 11 is 0. The molecule has 0 fully saturated rings. The van der Waals surface area contributed by atoms with E-state index in [0.717, 1.165) is 6.42 Å². The summed E-state index contributed by atoms with van der Waals surface area (Å²) in [5.41, 5.74) is -0.179. The standard InChI is InChI=1S/C12H19N3O3/c1-3-9-14-10(7-11(16)15-9)13-8(2)5-4-6-12(17)18/h7-8H,3-6H2,1-2H3,(H,17,18)(H2,13,14,15,16). The van der Waals surface area contributed by atoms with E-state index in [0.29, 0.717) is 24.5 Å². The molecule has 1 unspecified atom stereocenters. The highest BCUT2D eigenvalue weighted by molar-refractivity contribution is 5.66. The second-order valence-electron chi connectivity index (χ2n) is 4.26. The Morgan fingerprint density at radius 1 is 1.61 bits per heavy atom. The van der Waals surface area contributed by atoms with Gasteiger partial charge >= 0.3 is 5.97 Å². The number of hydrogen-bond acceptors (Lipinski definition) is 4. The number of aromatic amines is 1. The number of aromatic nitrogens is 2. The third-order valence-electron chi connectivity index (χ3n) is 2.55. The van der Waals surface area contributed by atoms with Crippen molar-refractivity contribution in [3.8, 4) is 0 Å². The van der Waals surface area contributed by atoms with Gasteiger partial charge in [0.15, 0.2) is 0 Å². The van der Waals surface area contributed by atoms with Crippen LogP contribution in [0.1, 0.15) is 38.9 Å². The van der Waals surface area contributed by atoms with Crippen LogP contribution in [-0.2, 0) is 11.2 Å². The molecule has 0 aliphatic rings. The maximum atomic E-state index is 11.3. The van der Waals surface area contributed by atoms with Gasteiger partial charge in [-0.15, -0.1) is 0 Å². The second-order valence-corrected chi connectivity index (χ2v) is 4.26.